The second-order valence-electron chi connectivity index (χ2n) is 9.63. The largest absolute Gasteiger partial charge is 0.0651 e. The van der Waals surface area contributed by atoms with Crippen LogP contribution in [0.5, 0.6) is 0 Å². The second-order valence-corrected chi connectivity index (χ2v) is 9.63. The minimum absolute atomic E-state index is 1.01. The lowest BCUT2D eigenvalue weighted by Crippen LogP contribution is -1.99. The molecule has 0 atom stereocenters. The van der Waals surface area contributed by atoms with Crippen molar-refractivity contribution in [3.05, 3.63) is 13.8 Å². The summed E-state index contributed by atoms with van der Waals surface area (Å²) in [6, 6.07) is 0. The van der Waals surface area contributed by atoms with Gasteiger partial charge in [0.25, 0.3) is 0 Å². The summed E-state index contributed by atoms with van der Waals surface area (Å²) < 4.78 is 0. The molecule has 0 saturated heterocycles. The Hall–Kier alpha value is 0. The van der Waals surface area contributed by atoms with Crippen molar-refractivity contribution in [1.82, 2.24) is 0 Å². The van der Waals surface area contributed by atoms with Crippen molar-refractivity contribution in [2.75, 3.05) is 0 Å². The Bertz CT molecular complexity index is 243. The molecule has 0 aliphatic rings. The van der Waals surface area contributed by atoms with Crippen LogP contribution < -0.4 is 0 Å². The fourth-order valence-electron chi connectivity index (χ4n) is 4.60. The van der Waals surface area contributed by atoms with Gasteiger partial charge in [0, 0.05) is 0 Å². The first-order chi connectivity index (χ1) is 14.3. The highest BCUT2D eigenvalue weighted by Crippen LogP contribution is 2.22. The van der Waals surface area contributed by atoms with Gasteiger partial charge in [-0.2, -0.15) is 0 Å². The molecule has 0 aromatic rings. The van der Waals surface area contributed by atoms with Crippen LogP contribution in [0.3, 0.4) is 0 Å². The van der Waals surface area contributed by atoms with E-state index in [1.807, 2.05) is 0 Å². The highest BCUT2D eigenvalue weighted by Gasteiger charge is 2.06. The van der Waals surface area contributed by atoms with E-state index in [2.05, 4.69) is 20.8 Å². The van der Waals surface area contributed by atoms with Gasteiger partial charge < -0.3 is 0 Å². The van der Waals surface area contributed by atoms with Crippen molar-refractivity contribution in [3.63, 3.8) is 0 Å². The van der Waals surface area contributed by atoms with Crippen LogP contribution in [0.4, 0.5) is 0 Å². The molecule has 0 aromatic carbocycles. The van der Waals surface area contributed by atoms with E-state index in [0.29, 0.717) is 0 Å². The van der Waals surface area contributed by atoms with E-state index in [1.165, 1.54) is 148 Å². The molecule has 2 radical (unpaired) electrons. The van der Waals surface area contributed by atoms with Gasteiger partial charge in [0.1, 0.15) is 0 Å². The average Bonchev–Trinajstić information content (AvgIpc) is 2.74. The third-order valence-electron chi connectivity index (χ3n) is 6.80. The monoisotopic (exact) mass is 406 g/mol. The van der Waals surface area contributed by atoms with Crippen LogP contribution in [-0.2, 0) is 0 Å². The molecule has 0 rings (SSSR count). The molecule has 0 bridgehead atoms. The van der Waals surface area contributed by atoms with Crippen molar-refractivity contribution in [1.29, 1.82) is 0 Å². The van der Waals surface area contributed by atoms with E-state index in [-0.39, 0.29) is 0 Å². The lowest BCUT2D eigenvalue weighted by Gasteiger charge is -2.14. The minimum atomic E-state index is 1.01. The van der Waals surface area contributed by atoms with Crippen LogP contribution in [0.1, 0.15) is 167 Å². The molecule has 0 unspecified atom stereocenters. The summed E-state index contributed by atoms with van der Waals surface area (Å²) >= 11 is 0. The predicted octanol–water partition coefficient (Wildman–Crippen LogP) is 11.0. The summed E-state index contributed by atoms with van der Waals surface area (Å²) in [5.74, 6) is 1.01. The predicted molar refractivity (Wildman–Crippen MR) is 135 cm³/mol. The first-order valence-corrected chi connectivity index (χ1v) is 13.9. The Balaban J connectivity index is 3.27. The molecule has 0 aliphatic heterocycles. The summed E-state index contributed by atoms with van der Waals surface area (Å²) in [5.41, 5.74) is 0. The lowest BCUT2D eigenvalue weighted by molar-refractivity contribution is 0.392. The quantitative estimate of drug-likeness (QED) is 0.132. The third kappa shape index (κ3) is 24.1. The van der Waals surface area contributed by atoms with Gasteiger partial charge in [-0.25, -0.2) is 0 Å². The first kappa shape index (κ1) is 29.0. The Morgan fingerprint density at radius 1 is 0.379 bits per heavy atom. The van der Waals surface area contributed by atoms with Gasteiger partial charge >= 0.3 is 0 Å². The number of unbranched alkanes of at least 4 members (excludes halogenated alkanes) is 20. The molecule has 174 valence electrons. The number of hydrogen-bond donors (Lipinski definition) is 0. The highest BCUT2D eigenvalue weighted by atomic mass is 14.1. The molecular weight excluding hydrogens is 348 g/mol. The molecular formula is C29H58. The summed E-state index contributed by atoms with van der Waals surface area (Å²) in [5, 5.41) is 0. The summed E-state index contributed by atoms with van der Waals surface area (Å²) in [6.07, 6.45) is 35.6. The highest BCUT2D eigenvalue weighted by molar-refractivity contribution is 4.59. The molecule has 0 fully saturated rings. The van der Waals surface area contributed by atoms with Crippen molar-refractivity contribution >= 4 is 0 Å². The van der Waals surface area contributed by atoms with Gasteiger partial charge in [-0.15, -0.1) is 0 Å². The Morgan fingerprint density at radius 3 is 0.862 bits per heavy atom. The van der Waals surface area contributed by atoms with Crippen molar-refractivity contribution in [3.8, 4) is 0 Å². The maximum absolute atomic E-state index is 3.92. The van der Waals surface area contributed by atoms with Crippen LogP contribution >= 0.6 is 0 Å². The zero-order valence-corrected chi connectivity index (χ0v) is 20.7. The summed E-state index contributed by atoms with van der Waals surface area (Å²) in [6.45, 7) is 10.3. The maximum atomic E-state index is 3.92. The van der Waals surface area contributed by atoms with Crippen LogP contribution in [0, 0.1) is 19.8 Å². The van der Waals surface area contributed by atoms with Crippen molar-refractivity contribution < 1.29 is 0 Å². The molecule has 0 saturated carbocycles. The normalized spacial score (nSPS) is 11.6. The Morgan fingerprint density at radius 2 is 0.621 bits per heavy atom. The lowest BCUT2D eigenvalue weighted by atomic mass is 9.92. The zero-order chi connectivity index (χ0) is 21.3. The molecule has 29 heavy (non-hydrogen) atoms. The first-order valence-electron chi connectivity index (χ1n) is 13.9. The molecule has 0 aromatic heterocycles. The van der Waals surface area contributed by atoms with Crippen LogP contribution in [0.2, 0.25) is 0 Å². The fraction of sp³-hybridized carbons (Fsp3) is 0.931. The van der Waals surface area contributed by atoms with Crippen molar-refractivity contribution in [2.45, 2.75) is 167 Å². The second kappa shape index (κ2) is 26.0. The van der Waals surface area contributed by atoms with Gasteiger partial charge in [0.05, 0.1) is 0 Å². The molecule has 0 spiro atoms. The van der Waals surface area contributed by atoms with E-state index in [9.17, 15) is 0 Å². The summed E-state index contributed by atoms with van der Waals surface area (Å²) in [4.78, 5) is 0. The van der Waals surface area contributed by atoms with E-state index in [1.54, 1.807) is 0 Å². The van der Waals surface area contributed by atoms with Crippen molar-refractivity contribution in [2.24, 2.45) is 5.92 Å². The van der Waals surface area contributed by atoms with Gasteiger partial charge in [0.2, 0.25) is 0 Å². The third-order valence-corrected chi connectivity index (χ3v) is 6.80. The van der Waals surface area contributed by atoms with Gasteiger partial charge in [-0.3, -0.25) is 0 Å². The average molecular weight is 407 g/mol. The molecule has 0 N–H and O–H groups in total. The Labute approximate surface area is 187 Å². The fourth-order valence-corrected chi connectivity index (χ4v) is 4.60. The topological polar surface area (TPSA) is 0 Å². The van der Waals surface area contributed by atoms with Crippen LogP contribution in [-0.4, -0.2) is 0 Å². The van der Waals surface area contributed by atoms with E-state index in [4.69, 9.17) is 0 Å². The van der Waals surface area contributed by atoms with E-state index >= 15 is 0 Å². The van der Waals surface area contributed by atoms with E-state index in [0.717, 1.165) is 18.8 Å². The molecule has 0 nitrogen and oxygen atoms in total. The zero-order valence-electron chi connectivity index (χ0n) is 20.7. The van der Waals surface area contributed by atoms with Gasteiger partial charge in [0.15, 0.2) is 0 Å². The van der Waals surface area contributed by atoms with Crippen LogP contribution in [0.25, 0.3) is 0 Å². The summed E-state index contributed by atoms with van der Waals surface area (Å²) in [7, 11) is 0. The molecule has 0 heteroatoms. The number of rotatable bonds is 25. The number of hydrogen-bond acceptors (Lipinski definition) is 0. The Kier molecular flexibility index (Phi) is 26.0. The van der Waals surface area contributed by atoms with E-state index < -0.39 is 0 Å². The molecule has 0 aliphatic carbocycles. The van der Waals surface area contributed by atoms with Gasteiger partial charge in [-0.05, 0) is 5.92 Å². The maximum Gasteiger partial charge on any atom is -0.0417 e. The standard InChI is InChI=1S/C29H58/c1-4-7-9-11-13-15-17-19-21-23-25-27-29(6-3)28-26-24-22-20-18-16-14-12-10-8-5-2/h29H,1-2,4-28H2,3H3. The van der Waals surface area contributed by atoms with Gasteiger partial charge in [-0.1, -0.05) is 181 Å². The molecule has 0 amide bonds. The molecule has 0 heterocycles. The smallest absolute Gasteiger partial charge is 0.0417 e. The van der Waals surface area contributed by atoms with Crippen LogP contribution in [0.15, 0.2) is 0 Å². The minimum Gasteiger partial charge on any atom is -0.0651 e. The SMILES string of the molecule is [CH2]CCCCCCCCCCCCC(CC)CCCCCCCCCCCC[CH2].